The summed E-state index contributed by atoms with van der Waals surface area (Å²) < 4.78 is 0. The van der Waals surface area contributed by atoms with Crippen molar-refractivity contribution in [1.29, 1.82) is 0 Å². The molecule has 0 aromatic rings. The quantitative estimate of drug-likeness (QED) is 0.417. The van der Waals surface area contributed by atoms with Crippen LogP contribution in [-0.4, -0.2) is 30.7 Å². The molecular weight excluding hydrogens is 262 g/mol. The predicted octanol–water partition coefficient (Wildman–Crippen LogP) is 4.38. The summed E-state index contributed by atoms with van der Waals surface area (Å²) in [5, 5.41) is 3.62. The zero-order chi connectivity index (χ0) is 14.6. The van der Waals surface area contributed by atoms with Crippen LogP contribution in [0.15, 0.2) is 11.3 Å². The molecule has 0 bridgehead atoms. The Kier molecular flexibility index (Phi) is 12.0. The molecule has 1 nitrogen and oxygen atoms in total. The molecule has 114 valence electrons. The van der Waals surface area contributed by atoms with Crippen molar-refractivity contribution >= 4 is 17.6 Å². The van der Waals surface area contributed by atoms with Gasteiger partial charge in [0, 0.05) is 9.52 Å². The van der Waals surface area contributed by atoms with Crippen molar-refractivity contribution in [3.05, 3.63) is 11.3 Å². The number of hydrogen-bond acceptors (Lipinski definition) is 1. The van der Waals surface area contributed by atoms with E-state index in [0.717, 1.165) is 0 Å². The second-order valence-corrected chi connectivity index (χ2v) is 13.5. The van der Waals surface area contributed by atoms with Gasteiger partial charge in [-0.25, -0.2) is 0 Å². The Bertz CT molecular complexity index is 223. The lowest BCUT2D eigenvalue weighted by molar-refractivity contribution is 0.657. The van der Waals surface area contributed by atoms with Crippen LogP contribution in [0, 0.1) is 0 Å². The summed E-state index contributed by atoms with van der Waals surface area (Å²) in [6.07, 6.45) is 2.85. The molecule has 0 unspecified atom stereocenters. The zero-order valence-electron chi connectivity index (χ0n) is 14.1. The van der Waals surface area contributed by atoms with Gasteiger partial charge in [0.05, 0.1) is 8.07 Å². The second-order valence-electron chi connectivity index (χ2n) is 6.19. The predicted molar refractivity (Wildman–Crippen MR) is 96.9 cm³/mol. The van der Waals surface area contributed by atoms with Crippen molar-refractivity contribution in [3.63, 3.8) is 0 Å². The Balaban J connectivity index is 3.47. The summed E-state index contributed by atoms with van der Waals surface area (Å²) in [5.74, 6) is 0. The normalized spacial score (nSPS) is 12.3. The molecule has 3 heteroatoms. The van der Waals surface area contributed by atoms with E-state index in [4.69, 9.17) is 0 Å². The number of allylic oxidation sites excluding steroid dienone is 1. The summed E-state index contributed by atoms with van der Waals surface area (Å²) in [7, 11) is -0.767. The standard InChI is InChI=1S/C16H37NSi2/c1-6-19(7-2,8-3)14-10-9-11-17-12-13-18-15-16(4)5/h15,17H,6-14,18H2,1-5H3. The lowest BCUT2D eigenvalue weighted by atomic mass is 10.3. The lowest BCUT2D eigenvalue weighted by Gasteiger charge is -2.28. The number of hydrogen-bond donors (Lipinski definition) is 1. The fourth-order valence-electron chi connectivity index (χ4n) is 2.77. The first-order chi connectivity index (χ1) is 9.10. The van der Waals surface area contributed by atoms with Crippen LogP contribution in [0.4, 0.5) is 0 Å². The van der Waals surface area contributed by atoms with Crippen molar-refractivity contribution < 1.29 is 0 Å². The molecule has 0 spiro atoms. The van der Waals surface area contributed by atoms with Crippen LogP contribution in [-0.2, 0) is 0 Å². The SMILES string of the molecule is CC[Si](CC)(CC)CCCCNCC[SiH2]C=C(C)C. The molecule has 0 amide bonds. The monoisotopic (exact) mass is 299 g/mol. The minimum absolute atomic E-state index is 0.0731. The smallest absolute Gasteiger partial charge is 0.0527 e. The Morgan fingerprint density at radius 2 is 1.63 bits per heavy atom. The van der Waals surface area contributed by atoms with Gasteiger partial charge in [-0.2, -0.15) is 0 Å². The molecule has 1 N–H and O–H groups in total. The zero-order valence-corrected chi connectivity index (χ0v) is 16.6. The van der Waals surface area contributed by atoms with E-state index in [2.05, 4.69) is 45.6 Å². The van der Waals surface area contributed by atoms with Crippen LogP contribution in [0.3, 0.4) is 0 Å². The van der Waals surface area contributed by atoms with E-state index in [1.54, 1.807) is 6.04 Å². The van der Waals surface area contributed by atoms with Gasteiger partial charge in [0.2, 0.25) is 0 Å². The average molecular weight is 300 g/mol. The van der Waals surface area contributed by atoms with E-state index >= 15 is 0 Å². The Morgan fingerprint density at radius 1 is 1.00 bits per heavy atom. The summed E-state index contributed by atoms with van der Waals surface area (Å²) in [6.45, 7) is 14.2. The van der Waals surface area contributed by atoms with Gasteiger partial charge in [-0.1, -0.05) is 56.9 Å². The summed E-state index contributed by atoms with van der Waals surface area (Å²) >= 11 is 0. The molecule has 0 saturated carbocycles. The summed E-state index contributed by atoms with van der Waals surface area (Å²) in [4.78, 5) is 0. The van der Waals surface area contributed by atoms with Gasteiger partial charge >= 0.3 is 0 Å². The van der Waals surface area contributed by atoms with Crippen molar-refractivity contribution in [1.82, 2.24) is 5.32 Å². The minimum Gasteiger partial charge on any atom is -0.317 e. The third-order valence-corrected chi connectivity index (χ3v) is 12.5. The second kappa shape index (κ2) is 11.9. The molecule has 0 aliphatic heterocycles. The molecule has 0 aliphatic carbocycles. The molecule has 0 saturated heterocycles. The lowest BCUT2D eigenvalue weighted by Crippen LogP contribution is -2.31. The van der Waals surface area contributed by atoms with E-state index in [-0.39, 0.29) is 9.52 Å². The third-order valence-electron chi connectivity index (χ3n) is 4.67. The Labute approximate surface area is 125 Å². The van der Waals surface area contributed by atoms with Crippen molar-refractivity contribution in [3.8, 4) is 0 Å². The highest BCUT2D eigenvalue weighted by molar-refractivity contribution is 6.79. The highest BCUT2D eigenvalue weighted by Crippen LogP contribution is 2.26. The van der Waals surface area contributed by atoms with Gasteiger partial charge in [0.15, 0.2) is 0 Å². The molecule has 0 heterocycles. The van der Waals surface area contributed by atoms with E-state index < -0.39 is 8.07 Å². The molecule has 0 aromatic carbocycles. The van der Waals surface area contributed by atoms with E-state index in [1.165, 1.54) is 55.7 Å². The van der Waals surface area contributed by atoms with Crippen LogP contribution in [0.5, 0.6) is 0 Å². The number of rotatable bonds is 12. The maximum atomic E-state index is 3.62. The molecule has 0 aromatic heterocycles. The van der Waals surface area contributed by atoms with Gasteiger partial charge < -0.3 is 5.32 Å². The average Bonchev–Trinajstić information content (AvgIpc) is 2.41. The molecule has 0 rings (SSSR count). The first kappa shape index (κ1) is 19.1. The van der Waals surface area contributed by atoms with E-state index in [1.807, 2.05) is 0 Å². The maximum Gasteiger partial charge on any atom is 0.0527 e. The summed E-state index contributed by atoms with van der Waals surface area (Å²) in [5.41, 5.74) is 3.98. The topological polar surface area (TPSA) is 12.0 Å². The molecule has 0 aliphatic rings. The van der Waals surface area contributed by atoms with Crippen molar-refractivity contribution in [2.24, 2.45) is 0 Å². The molecular formula is C16H37NSi2. The van der Waals surface area contributed by atoms with E-state index in [0.29, 0.717) is 0 Å². The minimum atomic E-state index is -0.840. The Hall–Kier alpha value is 0.134. The van der Waals surface area contributed by atoms with Crippen LogP contribution in [0.25, 0.3) is 0 Å². The van der Waals surface area contributed by atoms with Crippen LogP contribution in [0.2, 0.25) is 30.2 Å². The first-order valence-corrected chi connectivity index (χ1v) is 13.1. The van der Waals surface area contributed by atoms with Gasteiger partial charge in [0.25, 0.3) is 0 Å². The van der Waals surface area contributed by atoms with Crippen molar-refractivity contribution in [2.45, 2.75) is 77.7 Å². The van der Waals surface area contributed by atoms with Gasteiger partial charge in [-0.05, 0) is 39.4 Å². The molecule has 0 radical (unpaired) electrons. The largest absolute Gasteiger partial charge is 0.317 e. The molecule has 19 heavy (non-hydrogen) atoms. The van der Waals surface area contributed by atoms with E-state index in [9.17, 15) is 0 Å². The van der Waals surface area contributed by atoms with Gasteiger partial charge in [-0.15, -0.1) is 5.70 Å². The van der Waals surface area contributed by atoms with Crippen LogP contribution < -0.4 is 5.32 Å². The Morgan fingerprint density at radius 3 is 2.16 bits per heavy atom. The van der Waals surface area contributed by atoms with Crippen LogP contribution in [0.1, 0.15) is 47.5 Å². The summed E-state index contributed by atoms with van der Waals surface area (Å²) in [6, 6.07) is 7.44. The molecule has 0 fully saturated rings. The fourth-order valence-corrected chi connectivity index (χ4v) is 7.57. The number of unbranched alkanes of at least 4 members (excludes halogenated alkanes) is 1. The highest BCUT2D eigenvalue weighted by Gasteiger charge is 2.25. The maximum absolute atomic E-state index is 3.62. The molecule has 0 atom stereocenters. The fraction of sp³-hybridized carbons (Fsp3) is 0.875. The highest BCUT2D eigenvalue weighted by atomic mass is 28.3. The van der Waals surface area contributed by atoms with Gasteiger partial charge in [-0.3, -0.25) is 0 Å². The first-order valence-electron chi connectivity index (χ1n) is 8.44. The third kappa shape index (κ3) is 9.63. The van der Waals surface area contributed by atoms with Crippen molar-refractivity contribution in [2.75, 3.05) is 13.1 Å². The van der Waals surface area contributed by atoms with Gasteiger partial charge in [0.1, 0.15) is 0 Å². The van der Waals surface area contributed by atoms with Crippen LogP contribution >= 0.6 is 0 Å². The number of nitrogens with one attached hydrogen (secondary N) is 1.